The van der Waals surface area contributed by atoms with Gasteiger partial charge in [-0.05, 0) is 39.7 Å². The van der Waals surface area contributed by atoms with Crippen LogP contribution in [-0.2, 0) is 9.53 Å². The monoisotopic (exact) mass is 209 g/mol. The second kappa shape index (κ2) is 4.60. The Labute approximate surface area is 91.2 Å². The van der Waals surface area contributed by atoms with E-state index in [9.17, 15) is 4.79 Å². The van der Waals surface area contributed by atoms with Crippen LogP contribution >= 0.6 is 0 Å². The molecule has 0 saturated heterocycles. The van der Waals surface area contributed by atoms with Gasteiger partial charge in [-0.25, -0.2) is 4.99 Å². The summed E-state index contributed by atoms with van der Waals surface area (Å²) in [7, 11) is 0. The number of carbonyl (C=O) groups is 1. The topological polar surface area (TPSA) is 38.7 Å². The molecular weight excluding hydrogens is 190 g/mol. The van der Waals surface area contributed by atoms with Crippen molar-refractivity contribution in [1.82, 2.24) is 0 Å². The Bertz CT molecular complexity index is 303. The molecular formula is C12H19NO2. The van der Waals surface area contributed by atoms with E-state index in [4.69, 9.17) is 4.74 Å². The fourth-order valence-corrected chi connectivity index (χ4v) is 1.82. The first-order valence-electron chi connectivity index (χ1n) is 5.30. The minimum atomic E-state index is -0.133. The second-order valence-electron chi connectivity index (χ2n) is 4.58. The van der Waals surface area contributed by atoms with Crippen LogP contribution in [0.25, 0.3) is 0 Å². The molecule has 0 saturated carbocycles. The number of hydrogen-bond acceptors (Lipinski definition) is 3. The maximum atomic E-state index is 10.3. The molecule has 1 atom stereocenters. The lowest BCUT2D eigenvalue weighted by molar-refractivity contribution is -0.104. The Morgan fingerprint density at radius 2 is 2.27 bits per heavy atom. The van der Waals surface area contributed by atoms with E-state index in [-0.39, 0.29) is 11.6 Å². The predicted molar refractivity (Wildman–Crippen MR) is 61.1 cm³/mol. The lowest BCUT2D eigenvalue weighted by atomic mass is 9.93. The van der Waals surface area contributed by atoms with E-state index in [0.717, 1.165) is 30.6 Å². The molecule has 0 aromatic rings. The van der Waals surface area contributed by atoms with Crippen molar-refractivity contribution in [3.63, 3.8) is 0 Å². The van der Waals surface area contributed by atoms with Gasteiger partial charge in [0.1, 0.15) is 12.4 Å². The molecule has 1 unspecified atom stereocenters. The number of carbonyl (C=O) groups excluding carboxylic acids is 1. The van der Waals surface area contributed by atoms with E-state index in [0.29, 0.717) is 0 Å². The summed E-state index contributed by atoms with van der Waals surface area (Å²) in [6, 6.07) is 0. The molecule has 0 spiro atoms. The zero-order chi connectivity index (χ0) is 11.5. The van der Waals surface area contributed by atoms with E-state index in [2.05, 4.69) is 18.8 Å². The fraction of sp³-hybridized carbons (Fsp3) is 0.667. The van der Waals surface area contributed by atoms with Gasteiger partial charge in [0, 0.05) is 6.92 Å². The summed E-state index contributed by atoms with van der Waals surface area (Å²) >= 11 is 0. The van der Waals surface area contributed by atoms with E-state index >= 15 is 0 Å². The Balaban J connectivity index is 2.48. The molecule has 0 N–H and O–H groups in total. The summed E-state index contributed by atoms with van der Waals surface area (Å²) in [6.07, 6.45) is 4.36. The highest BCUT2D eigenvalue weighted by molar-refractivity contribution is 5.75. The van der Waals surface area contributed by atoms with E-state index in [1.165, 1.54) is 0 Å². The van der Waals surface area contributed by atoms with Gasteiger partial charge in [-0.1, -0.05) is 5.57 Å². The molecule has 0 aliphatic carbocycles. The average Bonchev–Trinajstić information content (AvgIpc) is 2.36. The van der Waals surface area contributed by atoms with Crippen molar-refractivity contribution in [2.24, 2.45) is 4.99 Å². The van der Waals surface area contributed by atoms with Gasteiger partial charge >= 0.3 is 0 Å². The molecule has 3 nitrogen and oxygen atoms in total. The largest absolute Gasteiger partial charge is 0.475 e. The molecule has 0 aromatic carbocycles. The molecule has 15 heavy (non-hydrogen) atoms. The van der Waals surface area contributed by atoms with Crippen LogP contribution in [0.3, 0.4) is 0 Å². The van der Waals surface area contributed by atoms with Gasteiger partial charge in [0.25, 0.3) is 0 Å². The van der Waals surface area contributed by atoms with E-state index < -0.39 is 0 Å². The van der Waals surface area contributed by atoms with Crippen molar-refractivity contribution in [2.45, 2.75) is 52.2 Å². The predicted octanol–water partition coefficient (Wildman–Crippen LogP) is 2.51. The number of aldehydes is 1. The molecule has 3 heteroatoms. The van der Waals surface area contributed by atoms with Crippen LogP contribution in [0.2, 0.25) is 0 Å². The van der Waals surface area contributed by atoms with Gasteiger partial charge < -0.3 is 4.74 Å². The van der Waals surface area contributed by atoms with Crippen molar-refractivity contribution in [3.8, 4) is 0 Å². The summed E-state index contributed by atoms with van der Waals surface area (Å²) in [5.41, 5.74) is 0.958. The van der Waals surface area contributed by atoms with E-state index in [1.807, 2.05) is 13.8 Å². The zero-order valence-electron chi connectivity index (χ0n) is 9.91. The third kappa shape index (κ3) is 3.18. The molecule has 0 amide bonds. The summed E-state index contributed by atoms with van der Waals surface area (Å²) in [5, 5.41) is 0. The fourth-order valence-electron chi connectivity index (χ4n) is 1.82. The maximum absolute atomic E-state index is 10.3. The van der Waals surface area contributed by atoms with Crippen LogP contribution < -0.4 is 0 Å². The third-order valence-corrected chi connectivity index (χ3v) is 2.70. The lowest BCUT2D eigenvalue weighted by Crippen LogP contribution is -2.31. The van der Waals surface area contributed by atoms with Crippen LogP contribution in [0.15, 0.2) is 16.6 Å². The number of allylic oxidation sites excluding steroid dienone is 2. The first kappa shape index (κ1) is 12.0. The van der Waals surface area contributed by atoms with Crippen LogP contribution in [0.4, 0.5) is 0 Å². The average molecular weight is 209 g/mol. The molecule has 1 rings (SSSR count). The van der Waals surface area contributed by atoms with E-state index in [1.54, 1.807) is 6.08 Å². The summed E-state index contributed by atoms with van der Waals surface area (Å²) < 4.78 is 5.64. The molecule has 0 bridgehead atoms. The number of ether oxygens (including phenoxy) is 1. The normalized spacial score (nSPS) is 24.7. The summed E-state index contributed by atoms with van der Waals surface area (Å²) in [4.78, 5) is 14.7. The van der Waals surface area contributed by atoms with Gasteiger partial charge in [0.05, 0.1) is 5.54 Å². The number of aliphatic imine (C=N–C) groups is 1. The van der Waals surface area contributed by atoms with Crippen molar-refractivity contribution in [2.75, 3.05) is 0 Å². The molecule has 0 aromatic heterocycles. The van der Waals surface area contributed by atoms with Crippen molar-refractivity contribution in [1.29, 1.82) is 0 Å². The molecule has 0 fully saturated rings. The van der Waals surface area contributed by atoms with Crippen LogP contribution in [0.5, 0.6) is 0 Å². The second-order valence-corrected chi connectivity index (χ2v) is 4.58. The highest BCUT2D eigenvalue weighted by Gasteiger charge is 2.35. The maximum Gasteiger partial charge on any atom is 0.181 e. The lowest BCUT2D eigenvalue weighted by Gasteiger charge is -2.23. The molecule has 1 heterocycles. The number of nitrogens with zero attached hydrogens (tertiary/aromatic N) is 1. The molecule has 1 aliphatic rings. The van der Waals surface area contributed by atoms with Gasteiger partial charge in [0.15, 0.2) is 5.90 Å². The summed E-state index contributed by atoms with van der Waals surface area (Å²) in [5.74, 6) is 0.766. The van der Waals surface area contributed by atoms with Gasteiger partial charge in [-0.2, -0.15) is 0 Å². The molecule has 1 aliphatic heterocycles. The Morgan fingerprint density at radius 1 is 1.60 bits per heavy atom. The Kier molecular flexibility index (Phi) is 3.66. The minimum absolute atomic E-state index is 0.132. The number of rotatable bonds is 4. The quantitative estimate of drug-likeness (QED) is 0.527. The Hall–Kier alpha value is -1.12. The van der Waals surface area contributed by atoms with Crippen molar-refractivity contribution >= 4 is 12.2 Å². The SMILES string of the molecule is CC(=CC=O)CCC1OC(C)=NC1(C)C. The van der Waals surface area contributed by atoms with Crippen LogP contribution in [0, 0.1) is 0 Å². The highest BCUT2D eigenvalue weighted by Crippen LogP contribution is 2.29. The minimum Gasteiger partial charge on any atom is -0.475 e. The molecule has 0 radical (unpaired) electrons. The van der Waals surface area contributed by atoms with Crippen LogP contribution in [-0.4, -0.2) is 23.8 Å². The van der Waals surface area contributed by atoms with Crippen LogP contribution in [0.1, 0.15) is 40.5 Å². The smallest absolute Gasteiger partial charge is 0.181 e. The third-order valence-electron chi connectivity index (χ3n) is 2.70. The van der Waals surface area contributed by atoms with Crippen molar-refractivity contribution < 1.29 is 9.53 Å². The Morgan fingerprint density at radius 3 is 2.73 bits per heavy atom. The summed E-state index contributed by atoms with van der Waals surface area (Å²) in [6.45, 7) is 8.00. The van der Waals surface area contributed by atoms with Gasteiger partial charge in [0.2, 0.25) is 0 Å². The first-order valence-corrected chi connectivity index (χ1v) is 5.30. The van der Waals surface area contributed by atoms with Gasteiger partial charge in [-0.15, -0.1) is 0 Å². The molecule has 84 valence electrons. The first-order chi connectivity index (χ1) is 6.95. The van der Waals surface area contributed by atoms with Gasteiger partial charge in [-0.3, -0.25) is 4.79 Å². The standard InChI is InChI=1S/C12H19NO2/c1-9(7-8-14)5-6-11-12(3,4)13-10(2)15-11/h7-8,11H,5-6H2,1-4H3. The zero-order valence-corrected chi connectivity index (χ0v) is 9.91. The highest BCUT2D eigenvalue weighted by atomic mass is 16.5. The van der Waals surface area contributed by atoms with Crippen molar-refractivity contribution in [3.05, 3.63) is 11.6 Å². The number of hydrogen-bond donors (Lipinski definition) is 0.